The van der Waals surface area contributed by atoms with Crippen LogP contribution in [0.25, 0.3) is 5.76 Å². The molecule has 1 unspecified atom stereocenters. The number of ketones is 1. The molecule has 1 saturated heterocycles. The molecule has 0 spiro atoms. The first kappa shape index (κ1) is 19.9. The monoisotopic (exact) mass is 397 g/mol. The van der Waals surface area contributed by atoms with Crippen LogP contribution >= 0.6 is 0 Å². The van der Waals surface area contributed by atoms with Crippen LogP contribution in [0, 0.1) is 0 Å². The summed E-state index contributed by atoms with van der Waals surface area (Å²) in [4.78, 5) is 37.4. The van der Waals surface area contributed by atoms with E-state index in [4.69, 9.17) is 4.74 Å². The van der Waals surface area contributed by atoms with Crippen molar-refractivity contribution in [3.05, 3.63) is 65.2 Å². The summed E-state index contributed by atoms with van der Waals surface area (Å²) in [6, 6.07) is 11.2. The highest BCUT2D eigenvalue weighted by molar-refractivity contribution is 6.46. The smallest absolute Gasteiger partial charge is 0.323 e. The molecule has 2 aromatic rings. The van der Waals surface area contributed by atoms with Crippen molar-refractivity contribution in [2.24, 2.45) is 0 Å². The van der Waals surface area contributed by atoms with Gasteiger partial charge in [-0.1, -0.05) is 36.4 Å². The Balaban J connectivity index is 2.21. The van der Waals surface area contributed by atoms with Gasteiger partial charge in [0.2, 0.25) is 0 Å². The molecular formula is C21H19NO7. The van der Waals surface area contributed by atoms with Gasteiger partial charge in [0.1, 0.15) is 12.3 Å². The number of carboxylic acids is 1. The number of likely N-dealkylation sites (tertiary alicyclic amines) is 1. The average Bonchev–Trinajstić information content (AvgIpc) is 2.94. The number of rotatable bonds is 6. The number of hydrogen-bond acceptors (Lipinski definition) is 6. The fourth-order valence-corrected chi connectivity index (χ4v) is 3.26. The second kappa shape index (κ2) is 8.05. The van der Waals surface area contributed by atoms with E-state index in [0.717, 1.165) is 4.90 Å². The molecule has 0 radical (unpaired) electrons. The number of Topliss-reactive ketones (excluding diaryl/α,β-unsaturated/α-hetero) is 1. The normalized spacial score (nSPS) is 18.1. The number of amides is 1. The number of ether oxygens (including phenoxy) is 1. The lowest BCUT2D eigenvalue weighted by molar-refractivity contribution is -0.146. The molecule has 29 heavy (non-hydrogen) atoms. The highest BCUT2D eigenvalue weighted by Gasteiger charge is 2.47. The van der Waals surface area contributed by atoms with Crippen molar-refractivity contribution < 1.29 is 34.4 Å². The van der Waals surface area contributed by atoms with Gasteiger partial charge >= 0.3 is 5.97 Å². The molecule has 1 heterocycles. The Bertz CT molecular complexity index is 997. The first-order valence-corrected chi connectivity index (χ1v) is 8.86. The van der Waals surface area contributed by atoms with Gasteiger partial charge in [-0.05, 0) is 24.6 Å². The van der Waals surface area contributed by atoms with E-state index in [2.05, 4.69) is 0 Å². The molecule has 8 nitrogen and oxygen atoms in total. The summed E-state index contributed by atoms with van der Waals surface area (Å²) < 4.78 is 5.35. The van der Waals surface area contributed by atoms with Gasteiger partial charge in [0.15, 0.2) is 11.5 Å². The first-order valence-electron chi connectivity index (χ1n) is 8.86. The summed E-state index contributed by atoms with van der Waals surface area (Å²) in [5.41, 5.74) is 0.411. The molecule has 0 aromatic heterocycles. The molecular weight excluding hydrogens is 378 g/mol. The van der Waals surface area contributed by atoms with Crippen LogP contribution in [-0.2, 0) is 14.4 Å². The predicted octanol–water partition coefficient (Wildman–Crippen LogP) is 2.30. The van der Waals surface area contributed by atoms with Crippen molar-refractivity contribution in [2.45, 2.75) is 13.0 Å². The molecule has 1 amide bonds. The third-order valence-electron chi connectivity index (χ3n) is 4.49. The lowest BCUT2D eigenvalue weighted by atomic mass is 9.95. The summed E-state index contributed by atoms with van der Waals surface area (Å²) in [6.07, 6.45) is 0. The maximum absolute atomic E-state index is 12.7. The lowest BCUT2D eigenvalue weighted by Crippen LogP contribution is -2.34. The van der Waals surface area contributed by atoms with Crippen LogP contribution in [0.1, 0.15) is 24.1 Å². The van der Waals surface area contributed by atoms with E-state index < -0.39 is 36.0 Å². The number of phenols is 1. The van der Waals surface area contributed by atoms with E-state index in [0.29, 0.717) is 11.1 Å². The van der Waals surface area contributed by atoms with Crippen molar-refractivity contribution in [3.63, 3.8) is 0 Å². The standard InChI is InChI=1S/C21H19NO7/c1-2-29-15-10-13(8-9-14(15)23)18-17(19(26)12-6-4-3-5-7-12)20(27)21(28)22(18)11-16(24)25/h3-10,18,23,26H,2,11H2,1H3,(H,24,25)/b19-17+. The minimum absolute atomic E-state index is 0.116. The van der Waals surface area contributed by atoms with Crippen LogP contribution < -0.4 is 4.74 Å². The van der Waals surface area contributed by atoms with Crippen molar-refractivity contribution in [1.82, 2.24) is 4.90 Å². The second-order valence-corrected chi connectivity index (χ2v) is 6.35. The molecule has 3 N–H and O–H groups in total. The van der Waals surface area contributed by atoms with Crippen LogP contribution in [0.5, 0.6) is 11.5 Å². The highest BCUT2D eigenvalue weighted by atomic mass is 16.5. The zero-order chi connectivity index (χ0) is 21.1. The summed E-state index contributed by atoms with van der Waals surface area (Å²) >= 11 is 0. The molecule has 1 aliphatic rings. The number of hydrogen-bond donors (Lipinski definition) is 3. The van der Waals surface area contributed by atoms with Crippen molar-refractivity contribution in [1.29, 1.82) is 0 Å². The second-order valence-electron chi connectivity index (χ2n) is 6.35. The average molecular weight is 397 g/mol. The fourth-order valence-electron chi connectivity index (χ4n) is 3.26. The van der Waals surface area contributed by atoms with Crippen LogP contribution in [-0.4, -0.2) is 51.0 Å². The van der Waals surface area contributed by atoms with E-state index in [-0.39, 0.29) is 23.7 Å². The Morgan fingerprint density at radius 3 is 2.41 bits per heavy atom. The number of carbonyl (C=O) groups excluding carboxylic acids is 2. The third kappa shape index (κ3) is 3.77. The molecule has 1 fully saturated rings. The van der Waals surface area contributed by atoms with Gasteiger partial charge < -0.3 is 25.0 Å². The Morgan fingerprint density at radius 1 is 1.10 bits per heavy atom. The van der Waals surface area contributed by atoms with E-state index in [1.807, 2.05) is 0 Å². The molecule has 0 aliphatic carbocycles. The highest BCUT2D eigenvalue weighted by Crippen LogP contribution is 2.41. The molecule has 0 bridgehead atoms. The van der Waals surface area contributed by atoms with E-state index in [1.54, 1.807) is 37.3 Å². The predicted molar refractivity (Wildman–Crippen MR) is 102 cm³/mol. The minimum Gasteiger partial charge on any atom is -0.507 e. The quantitative estimate of drug-likeness (QED) is 0.388. The summed E-state index contributed by atoms with van der Waals surface area (Å²) in [5, 5.41) is 29.9. The van der Waals surface area contributed by atoms with E-state index in [9.17, 15) is 29.7 Å². The van der Waals surface area contributed by atoms with Gasteiger partial charge in [0.05, 0.1) is 18.2 Å². The number of benzene rings is 2. The number of aromatic hydroxyl groups is 1. The zero-order valence-electron chi connectivity index (χ0n) is 15.5. The van der Waals surface area contributed by atoms with Crippen LogP contribution in [0.2, 0.25) is 0 Å². The van der Waals surface area contributed by atoms with Crippen molar-refractivity contribution in [3.8, 4) is 11.5 Å². The molecule has 150 valence electrons. The summed E-state index contributed by atoms with van der Waals surface area (Å²) in [5.74, 6) is -3.75. The molecule has 2 aromatic carbocycles. The lowest BCUT2D eigenvalue weighted by Gasteiger charge is -2.24. The van der Waals surface area contributed by atoms with E-state index >= 15 is 0 Å². The van der Waals surface area contributed by atoms with Gasteiger partial charge in [-0.2, -0.15) is 0 Å². The van der Waals surface area contributed by atoms with Crippen molar-refractivity contribution >= 4 is 23.4 Å². The fraction of sp³-hybridized carbons (Fsp3) is 0.190. The molecule has 8 heteroatoms. The number of aliphatic hydroxyl groups excluding tert-OH is 1. The van der Waals surface area contributed by atoms with Gasteiger partial charge in [0.25, 0.3) is 11.7 Å². The Kier molecular flexibility index (Phi) is 5.54. The van der Waals surface area contributed by atoms with Crippen LogP contribution in [0.4, 0.5) is 0 Å². The number of nitrogens with zero attached hydrogens (tertiary/aromatic N) is 1. The molecule has 1 aliphatic heterocycles. The molecule has 1 atom stereocenters. The number of phenolic OH excluding ortho intramolecular Hbond substituents is 1. The van der Waals surface area contributed by atoms with Gasteiger partial charge in [-0.25, -0.2) is 0 Å². The van der Waals surface area contributed by atoms with Crippen molar-refractivity contribution in [2.75, 3.05) is 13.2 Å². The topological polar surface area (TPSA) is 124 Å². The number of carboxylic acid groups (broad SMARTS) is 1. The van der Waals surface area contributed by atoms with Gasteiger partial charge in [-0.15, -0.1) is 0 Å². The minimum atomic E-state index is -1.31. The van der Waals surface area contributed by atoms with E-state index in [1.165, 1.54) is 18.2 Å². The first-order chi connectivity index (χ1) is 13.8. The summed E-state index contributed by atoms with van der Waals surface area (Å²) in [6.45, 7) is 1.25. The van der Waals surface area contributed by atoms with Crippen LogP contribution in [0.3, 0.4) is 0 Å². The van der Waals surface area contributed by atoms with Gasteiger partial charge in [-0.3, -0.25) is 14.4 Å². The maximum Gasteiger partial charge on any atom is 0.323 e. The number of aliphatic carboxylic acids is 1. The third-order valence-corrected chi connectivity index (χ3v) is 4.49. The number of carbonyl (C=O) groups is 3. The Hall–Kier alpha value is -3.81. The molecule has 3 rings (SSSR count). The summed E-state index contributed by atoms with van der Waals surface area (Å²) in [7, 11) is 0. The molecule has 0 saturated carbocycles. The van der Waals surface area contributed by atoms with Gasteiger partial charge in [0, 0.05) is 5.56 Å². The SMILES string of the molecule is CCOc1cc(C2/C(=C(\O)c3ccccc3)C(=O)C(=O)N2CC(=O)O)ccc1O. The zero-order valence-corrected chi connectivity index (χ0v) is 15.5. The maximum atomic E-state index is 12.7. The van der Waals surface area contributed by atoms with Crippen LogP contribution in [0.15, 0.2) is 54.1 Å². The largest absolute Gasteiger partial charge is 0.507 e. The number of aliphatic hydroxyl groups is 1. The Morgan fingerprint density at radius 2 is 1.79 bits per heavy atom. The Labute approximate surface area is 166 Å².